The third-order valence-electron chi connectivity index (χ3n) is 4.47. The number of hydrogen-bond acceptors (Lipinski definition) is 7. The van der Waals surface area contributed by atoms with E-state index in [9.17, 15) is 18.0 Å². The van der Waals surface area contributed by atoms with Gasteiger partial charge >= 0.3 is 0 Å². The predicted molar refractivity (Wildman–Crippen MR) is 110 cm³/mol. The number of hydrogen-bond donors (Lipinski definition) is 1. The summed E-state index contributed by atoms with van der Waals surface area (Å²) < 4.78 is 44.0. The van der Waals surface area contributed by atoms with Crippen molar-refractivity contribution < 1.29 is 32.2 Å². The van der Waals surface area contributed by atoms with Crippen molar-refractivity contribution in [1.29, 1.82) is 0 Å². The van der Waals surface area contributed by atoms with Gasteiger partial charge in [0.05, 0.1) is 42.6 Å². The number of nitrogens with zero attached hydrogens (tertiary/aromatic N) is 1. The van der Waals surface area contributed by atoms with Crippen LogP contribution < -0.4 is 23.8 Å². The van der Waals surface area contributed by atoms with Crippen LogP contribution >= 0.6 is 11.6 Å². The highest BCUT2D eigenvalue weighted by atomic mass is 35.5. The maximum atomic E-state index is 13.0. The van der Waals surface area contributed by atoms with E-state index in [2.05, 4.69) is 4.72 Å². The lowest BCUT2D eigenvalue weighted by Crippen LogP contribution is -2.29. The molecule has 3 rings (SSSR count). The molecule has 1 heterocycles. The zero-order valence-electron chi connectivity index (χ0n) is 16.4. The molecule has 11 heteroatoms. The van der Waals surface area contributed by atoms with Crippen molar-refractivity contribution in [1.82, 2.24) is 0 Å². The van der Waals surface area contributed by atoms with E-state index in [1.807, 2.05) is 0 Å². The van der Waals surface area contributed by atoms with Gasteiger partial charge in [-0.25, -0.2) is 13.3 Å². The van der Waals surface area contributed by atoms with Crippen LogP contribution in [0.5, 0.6) is 17.2 Å². The summed E-state index contributed by atoms with van der Waals surface area (Å²) in [6, 6.07) is 6.69. The molecule has 0 aromatic heterocycles. The summed E-state index contributed by atoms with van der Waals surface area (Å²) in [5.74, 6) is -0.222. The Balaban J connectivity index is 2.04. The van der Waals surface area contributed by atoms with Gasteiger partial charge in [0.1, 0.15) is 17.2 Å². The van der Waals surface area contributed by atoms with Crippen molar-refractivity contribution in [3.63, 3.8) is 0 Å². The van der Waals surface area contributed by atoms with Gasteiger partial charge in [-0.05, 0) is 18.2 Å². The van der Waals surface area contributed by atoms with Crippen molar-refractivity contribution in [3.8, 4) is 17.2 Å². The Kier molecular flexibility index (Phi) is 6.09. The summed E-state index contributed by atoms with van der Waals surface area (Å²) >= 11 is 6.06. The van der Waals surface area contributed by atoms with E-state index in [-0.39, 0.29) is 51.4 Å². The Morgan fingerprint density at radius 2 is 1.50 bits per heavy atom. The number of ether oxygens (including phenoxy) is 3. The Morgan fingerprint density at radius 3 is 2.07 bits per heavy atom. The van der Waals surface area contributed by atoms with Crippen LogP contribution in [-0.2, 0) is 19.6 Å². The van der Waals surface area contributed by atoms with Crippen molar-refractivity contribution in [2.75, 3.05) is 31.0 Å². The van der Waals surface area contributed by atoms with E-state index in [0.29, 0.717) is 0 Å². The van der Waals surface area contributed by atoms with Crippen LogP contribution in [0.3, 0.4) is 0 Å². The van der Waals surface area contributed by atoms with Gasteiger partial charge in [-0.1, -0.05) is 11.6 Å². The molecule has 0 radical (unpaired) electrons. The van der Waals surface area contributed by atoms with Crippen molar-refractivity contribution >= 4 is 44.8 Å². The number of carbonyl (C=O) groups excluding carboxylic acids is 2. The van der Waals surface area contributed by atoms with Gasteiger partial charge in [0, 0.05) is 25.0 Å². The second kappa shape index (κ2) is 8.41. The number of methoxy groups -OCH3 is 3. The number of rotatable bonds is 7. The second-order valence-electron chi connectivity index (χ2n) is 6.25. The zero-order valence-corrected chi connectivity index (χ0v) is 18.0. The van der Waals surface area contributed by atoms with E-state index in [0.717, 1.165) is 4.90 Å². The molecule has 0 spiro atoms. The maximum absolute atomic E-state index is 13.0. The van der Waals surface area contributed by atoms with Gasteiger partial charge in [0.25, 0.3) is 10.0 Å². The van der Waals surface area contributed by atoms with Gasteiger partial charge in [0.2, 0.25) is 11.8 Å². The third kappa shape index (κ3) is 4.01. The molecule has 1 aliphatic rings. The summed E-state index contributed by atoms with van der Waals surface area (Å²) in [6.45, 7) is 0. The molecule has 2 aromatic carbocycles. The highest BCUT2D eigenvalue weighted by Crippen LogP contribution is 2.38. The summed E-state index contributed by atoms with van der Waals surface area (Å²) in [5, 5.41) is 0.245. The number of benzene rings is 2. The number of sulfonamides is 1. The molecule has 0 aliphatic carbocycles. The van der Waals surface area contributed by atoms with Crippen LogP contribution in [0.15, 0.2) is 35.2 Å². The summed E-state index contributed by atoms with van der Waals surface area (Å²) in [4.78, 5) is 25.0. The van der Waals surface area contributed by atoms with Crippen LogP contribution in [0.1, 0.15) is 12.8 Å². The molecule has 0 saturated carbocycles. The minimum Gasteiger partial charge on any atom is -0.495 e. The molecule has 1 saturated heterocycles. The SMILES string of the molecule is COc1cc(NS(=O)(=O)c2ccc(OC)c(N3C(=O)CCC3=O)c2)c(OC)cc1Cl. The molecular weight excluding hydrogens is 436 g/mol. The molecule has 2 amide bonds. The van der Waals surface area contributed by atoms with Crippen LogP contribution in [0.25, 0.3) is 0 Å². The molecule has 0 atom stereocenters. The lowest BCUT2D eigenvalue weighted by molar-refractivity contribution is -0.121. The molecule has 30 heavy (non-hydrogen) atoms. The predicted octanol–water partition coefficient (Wildman–Crippen LogP) is 2.82. The Bertz CT molecular complexity index is 1100. The molecule has 160 valence electrons. The topological polar surface area (TPSA) is 111 Å². The largest absolute Gasteiger partial charge is 0.495 e. The molecule has 1 N–H and O–H groups in total. The number of carbonyl (C=O) groups is 2. The first-order valence-corrected chi connectivity index (χ1v) is 10.6. The second-order valence-corrected chi connectivity index (χ2v) is 8.34. The first-order valence-electron chi connectivity index (χ1n) is 8.70. The molecular formula is C19H19ClN2O7S. The number of imide groups is 1. The third-order valence-corrected chi connectivity index (χ3v) is 6.13. The zero-order chi connectivity index (χ0) is 22.1. The van der Waals surface area contributed by atoms with E-state index in [4.69, 9.17) is 25.8 Å². The van der Waals surface area contributed by atoms with E-state index < -0.39 is 21.8 Å². The summed E-state index contributed by atoms with van der Waals surface area (Å²) in [6.07, 6.45) is 0.109. The Labute approximate surface area is 178 Å². The highest BCUT2D eigenvalue weighted by molar-refractivity contribution is 7.92. The van der Waals surface area contributed by atoms with E-state index >= 15 is 0 Å². The summed E-state index contributed by atoms with van der Waals surface area (Å²) in [5.41, 5.74) is 0.165. The molecule has 1 fully saturated rings. The van der Waals surface area contributed by atoms with Gasteiger partial charge < -0.3 is 14.2 Å². The average molecular weight is 455 g/mol. The number of halogens is 1. The highest BCUT2D eigenvalue weighted by Gasteiger charge is 2.33. The van der Waals surface area contributed by atoms with Crippen LogP contribution in [-0.4, -0.2) is 41.6 Å². The molecule has 0 unspecified atom stereocenters. The fourth-order valence-corrected chi connectivity index (χ4v) is 4.31. The summed E-state index contributed by atoms with van der Waals surface area (Å²) in [7, 11) is -0.00526. The molecule has 0 bridgehead atoms. The molecule has 2 aromatic rings. The quantitative estimate of drug-likeness (QED) is 0.640. The number of amides is 2. The van der Waals surface area contributed by atoms with Crippen LogP contribution in [0.2, 0.25) is 5.02 Å². The number of nitrogens with one attached hydrogen (secondary N) is 1. The van der Waals surface area contributed by atoms with Gasteiger partial charge in [-0.15, -0.1) is 0 Å². The van der Waals surface area contributed by atoms with E-state index in [1.165, 1.54) is 51.7 Å². The van der Waals surface area contributed by atoms with Crippen LogP contribution in [0, 0.1) is 0 Å². The average Bonchev–Trinajstić information content (AvgIpc) is 3.06. The normalized spacial score (nSPS) is 14.1. The standard InChI is InChI=1S/C19H19ClN2O7S/c1-27-15-5-4-11(8-14(15)22-18(23)6-7-19(22)24)30(25,26)21-13-10-16(28-2)12(20)9-17(13)29-3/h4-5,8-10,21H,6-7H2,1-3H3. The maximum Gasteiger partial charge on any atom is 0.262 e. The minimum absolute atomic E-state index is 0.0545. The smallest absolute Gasteiger partial charge is 0.262 e. The van der Waals surface area contributed by atoms with Crippen molar-refractivity contribution in [3.05, 3.63) is 35.4 Å². The van der Waals surface area contributed by atoms with E-state index in [1.54, 1.807) is 0 Å². The minimum atomic E-state index is -4.13. The molecule has 9 nitrogen and oxygen atoms in total. The van der Waals surface area contributed by atoms with Gasteiger partial charge in [0.15, 0.2) is 0 Å². The lowest BCUT2D eigenvalue weighted by Gasteiger charge is -2.19. The number of anilines is 2. The van der Waals surface area contributed by atoms with Gasteiger partial charge in [-0.2, -0.15) is 0 Å². The fourth-order valence-electron chi connectivity index (χ4n) is 3.00. The van der Waals surface area contributed by atoms with Crippen molar-refractivity contribution in [2.45, 2.75) is 17.7 Å². The van der Waals surface area contributed by atoms with Crippen LogP contribution in [0.4, 0.5) is 11.4 Å². The Morgan fingerprint density at radius 1 is 0.900 bits per heavy atom. The van der Waals surface area contributed by atoms with Crippen molar-refractivity contribution in [2.24, 2.45) is 0 Å². The first kappa shape index (κ1) is 21.7. The van der Waals surface area contributed by atoms with Gasteiger partial charge in [-0.3, -0.25) is 14.3 Å². The first-order chi connectivity index (χ1) is 14.2. The lowest BCUT2D eigenvalue weighted by atomic mass is 10.2. The Hall–Kier alpha value is -2.98. The molecule has 1 aliphatic heterocycles. The monoisotopic (exact) mass is 454 g/mol. The fraction of sp³-hybridized carbons (Fsp3) is 0.263.